The molecule has 3 rings (SSSR count). The summed E-state index contributed by atoms with van der Waals surface area (Å²) in [6.45, 7) is 0.637. The summed E-state index contributed by atoms with van der Waals surface area (Å²) in [5.74, 6) is -0.627. The summed E-state index contributed by atoms with van der Waals surface area (Å²) >= 11 is 5.80. The van der Waals surface area contributed by atoms with E-state index in [9.17, 15) is 9.59 Å². The quantitative estimate of drug-likeness (QED) is 0.531. The van der Waals surface area contributed by atoms with Gasteiger partial charge >= 0.3 is 0 Å². The molecule has 5 atom stereocenters. The van der Waals surface area contributed by atoms with Crippen molar-refractivity contribution in [3.63, 3.8) is 0 Å². The Balaban J connectivity index is 1.74. The summed E-state index contributed by atoms with van der Waals surface area (Å²) in [6.07, 6.45) is 1.48. The highest BCUT2D eigenvalue weighted by Gasteiger charge is 2.60. The third-order valence-electron chi connectivity index (χ3n) is 4.47. The largest absolute Gasteiger partial charge is 0.460 e. The lowest BCUT2D eigenvalue weighted by Crippen LogP contribution is -2.45. The number of fused-ring (bicyclic) bond motifs is 1. The van der Waals surface area contributed by atoms with Gasteiger partial charge in [-0.2, -0.15) is 0 Å². The molecule has 2 aliphatic heterocycles. The maximum Gasteiger partial charge on any atom is 0.293 e. The molecular weight excluding hydrogens is 316 g/mol. The number of carbonyl (C=O) groups is 2. The van der Waals surface area contributed by atoms with Gasteiger partial charge in [-0.05, 0) is 12.8 Å². The lowest BCUT2D eigenvalue weighted by atomic mass is 9.94. The Morgan fingerprint density at radius 3 is 2.59 bits per heavy atom. The topological polar surface area (TPSA) is 80.3 Å². The van der Waals surface area contributed by atoms with Gasteiger partial charge in [-0.25, -0.2) is 0 Å². The van der Waals surface area contributed by atoms with Crippen LogP contribution in [0.5, 0.6) is 0 Å². The Hall–Kier alpha value is -0.890. The van der Waals surface area contributed by atoms with Crippen LogP contribution in [0.3, 0.4) is 0 Å². The standard InChI is InChI=1S/C14H19ClO7/c15-6-9(18-7-16)10-11(19-8-17)12-13(20-10)22-14(21-12)4-2-1-3-5-14/h7-13H,1-6H2/t9-,10-,11+,12-,13-/m1/s1. The molecule has 0 N–H and O–H groups in total. The minimum atomic E-state index is -0.732. The third-order valence-corrected chi connectivity index (χ3v) is 4.77. The van der Waals surface area contributed by atoms with E-state index in [0.29, 0.717) is 12.9 Å². The fraction of sp³-hybridized carbons (Fsp3) is 0.857. The molecule has 0 unspecified atom stereocenters. The SMILES string of the molecule is O=CO[C@@H]1[C@H]2OC3(CCCCC3)O[C@H]2O[C@@H]1[C@@H](CCl)OC=O. The second-order valence-electron chi connectivity index (χ2n) is 5.76. The molecule has 1 saturated carbocycles. The van der Waals surface area contributed by atoms with Crippen LogP contribution in [0.2, 0.25) is 0 Å². The van der Waals surface area contributed by atoms with Crippen LogP contribution in [0.4, 0.5) is 0 Å². The van der Waals surface area contributed by atoms with Crippen molar-refractivity contribution in [3.05, 3.63) is 0 Å². The lowest BCUT2D eigenvalue weighted by Gasteiger charge is -2.34. The molecule has 7 nitrogen and oxygen atoms in total. The maximum atomic E-state index is 10.8. The van der Waals surface area contributed by atoms with Gasteiger partial charge in [0.25, 0.3) is 12.9 Å². The number of halogens is 1. The van der Waals surface area contributed by atoms with E-state index in [1.165, 1.54) is 0 Å². The molecule has 22 heavy (non-hydrogen) atoms. The molecule has 0 amide bonds. The highest BCUT2D eigenvalue weighted by Crippen LogP contribution is 2.46. The molecule has 1 aliphatic carbocycles. The minimum Gasteiger partial charge on any atom is -0.460 e. The highest BCUT2D eigenvalue weighted by molar-refractivity contribution is 6.18. The van der Waals surface area contributed by atoms with Gasteiger partial charge < -0.3 is 23.7 Å². The van der Waals surface area contributed by atoms with E-state index in [4.69, 9.17) is 35.3 Å². The molecular formula is C14H19ClO7. The first kappa shape index (κ1) is 16.0. The van der Waals surface area contributed by atoms with Crippen LogP contribution in [-0.4, -0.2) is 55.3 Å². The maximum absolute atomic E-state index is 10.8. The van der Waals surface area contributed by atoms with E-state index < -0.39 is 36.5 Å². The van der Waals surface area contributed by atoms with Crippen molar-refractivity contribution < 1.29 is 33.3 Å². The van der Waals surface area contributed by atoms with Crippen LogP contribution >= 0.6 is 11.6 Å². The number of hydrogen-bond acceptors (Lipinski definition) is 7. The van der Waals surface area contributed by atoms with Gasteiger partial charge in [0.15, 0.2) is 24.3 Å². The van der Waals surface area contributed by atoms with Crippen molar-refractivity contribution in [3.8, 4) is 0 Å². The molecule has 3 aliphatic rings. The summed E-state index contributed by atoms with van der Waals surface area (Å²) < 4.78 is 27.9. The monoisotopic (exact) mass is 334 g/mol. The normalized spacial score (nSPS) is 37.5. The van der Waals surface area contributed by atoms with Crippen molar-refractivity contribution >= 4 is 24.5 Å². The molecule has 0 bridgehead atoms. The van der Waals surface area contributed by atoms with Gasteiger partial charge in [-0.3, -0.25) is 9.59 Å². The first-order valence-corrected chi connectivity index (χ1v) is 8.02. The van der Waals surface area contributed by atoms with Gasteiger partial charge in [-0.15, -0.1) is 11.6 Å². The fourth-order valence-electron chi connectivity index (χ4n) is 3.47. The van der Waals surface area contributed by atoms with E-state index in [1.807, 2.05) is 0 Å². The highest BCUT2D eigenvalue weighted by atomic mass is 35.5. The summed E-state index contributed by atoms with van der Waals surface area (Å²) in [6, 6.07) is 0. The first-order chi connectivity index (χ1) is 10.7. The molecule has 8 heteroatoms. The second kappa shape index (κ2) is 6.70. The van der Waals surface area contributed by atoms with Crippen molar-refractivity contribution in [1.29, 1.82) is 0 Å². The molecule has 0 aromatic carbocycles. The Kier molecular flexibility index (Phi) is 4.87. The van der Waals surface area contributed by atoms with E-state index in [1.54, 1.807) is 0 Å². The van der Waals surface area contributed by atoms with Gasteiger partial charge in [0.1, 0.15) is 12.2 Å². The van der Waals surface area contributed by atoms with Crippen molar-refractivity contribution in [2.75, 3.05) is 5.88 Å². The summed E-state index contributed by atoms with van der Waals surface area (Å²) in [5.41, 5.74) is 0. The predicted molar refractivity (Wildman–Crippen MR) is 73.0 cm³/mol. The summed E-state index contributed by atoms with van der Waals surface area (Å²) in [4.78, 5) is 21.4. The van der Waals surface area contributed by atoms with E-state index >= 15 is 0 Å². The van der Waals surface area contributed by atoms with Crippen molar-refractivity contribution in [2.45, 2.75) is 68.6 Å². The van der Waals surface area contributed by atoms with Gasteiger partial charge in [0.05, 0.1) is 5.88 Å². The molecule has 3 fully saturated rings. The number of rotatable bonds is 6. The van der Waals surface area contributed by atoms with Crippen molar-refractivity contribution in [2.24, 2.45) is 0 Å². The van der Waals surface area contributed by atoms with Crippen LogP contribution < -0.4 is 0 Å². The summed E-state index contributed by atoms with van der Waals surface area (Å²) in [5, 5.41) is 0. The number of ether oxygens (including phenoxy) is 5. The van der Waals surface area contributed by atoms with Crippen LogP contribution in [0.25, 0.3) is 0 Å². The molecule has 0 aromatic rings. The van der Waals surface area contributed by atoms with Crippen LogP contribution in [0, 0.1) is 0 Å². The molecule has 0 aromatic heterocycles. The zero-order valence-electron chi connectivity index (χ0n) is 12.0. The molecule has 2 saturated heterocycles. The zero-order chi connectivity index (χ0) is 15.6. The van der Waals surface area contributed by atoms with Gasteiger partial charge in [0, 0.05) is 12.8 Å². The van der Waals surface area contributed by atoms with Gasteiger partial charge in [0.2, 0.25) is 0 Å². The molecule has 1 spiro atoms. The van der Waals surface area contributed by atoms with E-state index in [2.05, 4.69) is 0 Å². The Morgan fingerprint density at radius 1 is 1.18 bits per heavy atom. The van der Waals surface area contributed by atoms with E-state index in [0.717, 1.165) is 32.1 Å². The van der Waals surface area contributed by atoms with Gasteiger partial charge in [-0.1, -0.05) is 6.42 Å². The Bertz CT molecular complexity index is 412. The van der Waals surface area contributed by atoms with E-state index in [-0.39, 0.29) is 5.88 Å². The predicted octanol–water partition coefficient (Wildman–Crippen LogP) is 1.11. The third kappa shape index (κ3) is 2.82. The Labute approximate surface area is 133 Å². The smallest absolute Gasteiger partial charge is 0.293 e. The molecule has 0 radical (unpaired) electrons. The lowest BCUT2D eigenvalue weighted by molar-refractivity contribution is -0.253. The zero-order valence-corrected chi connectivity index (χ0v) is 12.8. The number of carbonyl (C=O) groups excluding carboxylic acids is 2. The molecule has 2 heterocycles. The summed E-state index contributed by atoms with van der Waals surface area (Å²) in [7, 11) is 0. The minimum absolute atomic E-state index is 0.0205. The number of hydrogen-bond donors (Lipinski definition) is 0. The first-order valence-electron chi connectivity index (χ1n) is 7.48. The average Bonchev–Trinajstić information content (AvgIpc) is 3.01. The fourth-order valence-corrected chi connectivity index (χ4v) is 3.72. The second-order valence-corrected chi connectivity index (χ2v) is 6.07. The Morgan fingerprint density at radius 2 is 1.95 bits per heavy atom. The van der Waals surface area contributed by atoms with Crippen LogP contribution in [0.1, 0.15) is 32.1 Å². The van der Waals surface area contributed by atoms with Crippen LogP contribution in [-0.2, 0) is 33.3 Å². The average molecular weight is 335 g/mol. The van der Waals surface area contributed by atoms with Crippen LogP contribution in [0.15, 0.2) is 0 Å². The molecule has 124 valence electrons. The van der Waals surface area contributed by atoms with Crippen molar-refractivity contribution in [1.82, 2.24) is 0 Å². The number of alkyl halides is 1.